The highest BCUT2D eigenvalue weighted by atomic mass is 35.6. The van der Waals surface area contributed by atoms with E-state index in [1.54, 1.807) is 13.0 Å². The van der Waals surface area contributed by atoms with Crippen LogP contribution < -0.4 is 0 Å². The van der Waals surface area contributed by atoms with Gasteiger partial charge in [-0.25, -0.2) is 4.79 Å². The summed E-state index contributed by atoms with van der Waals surface area (Å²) >= 11 is 25.5. The molecule has 0 atom stereocenters. The van der Waals surface area contributed by atoms with Crippen LogP contribution in [0.5, 0.6) is 0 Å². The van der Waals surface area contributed by atoms with Crippen LogP contribution in [0.4, 0.5) is 0 Å². The number of hydrogen-bond donors (Lipinski definition) is 0. The van der Waals surface area contributed by atoms with E-state index in [-0.39, 0.29) is 6.61 Å². The summed E-state index contributed by atoms with van der Waals surface area (Å²) in [6, 6.07) is 0. The van der Waals surface area contributed by atoms with Crippen molar-refractivity contribution in [1.29, 1.82) is 0 Å². The molecule has 84 valence electrons. The number of allylic oxidation sites excluding steroid dienone is 1. The lowest BCUT2D eigenvalue weighted by molar-refractivity contribution is -0.141. The molecule has 0 rings (SSSR count). The summed E-state index contributed by atoms with van der Waals surface area (Å²) in [5, 5.41) is 0. The van der Waals surface area contributed by atoms with Gasteiger partial charge in [0.2, 0.25) is 0 Å². The summed E-state index contributed by atoms with van der Waals surface area (Å²) in [5.41, 5.74) is 1.40. The van der Waals surface area contributed by atoms with Gasteiger partial charge in [0, 0.05) is 11.4 Å². The van der Waals surface area contributed by atoms with Gasteiger partial charge in [0.15, 0.2) is 0 Å². The number of hydrogen-bond acceptors (Lipinski definition) is 2. The second kappa shape index (κ2) is 10.2. The molecule has 0 saturated carbocycles. The lowest BCUT2D eigenvalue weighted by Gasteiger charge is -2.07. The molecule has 0 aliphatic carbocycles. The maximum absolute atomic E-state index is 10.4. The highest BCUT2D eigenvalue weighted by molar-refractivity contribution is 6.75. The predicted octanol–water partition coefficient (Wildman–Crippen LogP) is 3.90. The molecule has 0 aromatic rings. The van der Waals surface area contributed by atoms with Crippen molar-refractivity contribution >= 4 is 64.0 Å². The van der Waals surface area contributed by atoms with Gasteiger partial charge in [0.25, 0.3) is 3.79 Å². The number of halogens is 5. The molecule has 0 unspecified atom stereocenters. The number of carbonyl (C=O) groups excluding carboxylic acids is 1. The lowest BCUT2D eigenvalue weighted by atomic mass is 10.7. The zero-order valence-corrected chi connectivity index (χ0v) is 11.1. The van der Waals surface area contributed by atoms with E-state index in [1.807, 2.05) is 0 Å². The molecule has 0 aliphatic heterocycles. The molecule has 0 radical (unpaired) electrons. The monoisotopic (exact) mass is 300 g/mol. The van der Waals surface area contributed by atoms with Gasteiger partial charge in [-0.15, -0.1) is 11.6 Å². The van der Waals surface area contributed by atoms with E-state index < -0.39 is 9.76 Å². The molecule has 0 heterocycles. The Bertz CT molecular complexity index is 175. The second-order valence-electron chi connectivity index (χ2n) is 1.73. The molecule has 0 fully saturated rings. The van der Waals surface area contributed by atoms with E-state index in [4.69, 9.17) is 58.0 Å². The molecular formula is C7H9Cl5O2. The summed E-state index contributed by atoms with van der Waals surface area (Å²) in [4.78, 5) is 10.4. The molecule has 0 N–H and O–H groups in total. The van der Waals surface area contributed by atoms with Gasteiger partial charge < -0.3 is 4.74 Å². The Morgan fingerprint density at radius 2 is 1.93 bits per heavy atom. The third kappa shape index (κ3) is 12.7. The van der Waals surface area contributed by atoms with Crippen molar-refractivity contribution in [3.05, 3.63) is 11.6 Å². The Labute approximate surface area is 108 Å². The molecule has 14 heavy (non-hydrogen) atoms. The van der Waals surface area contributed by atoms with E-state index >= 15 is 0 Å². The fourth-order valence-electron chi connectivity index (χ4n) is 0.247. The number of ether oxygens (including phenoxy) is 1. The quantitative estimate of drug-likeness (QED) is 0.571. The molecule has 0 aromatic heterocycles. The first-order chi connectivity index (χ1) is 6.40. The Morgan fingerprint density at radius 1 is 1.43 bits per heavy atom. The number of alkyl halides is 4. The molecule has 0 saturated heterocycles. The van der Waals surface area contributed by atoms with Crippen LogP contribution in [0.1, 0.15) is 6.92 Å². The van der Waals surface area contributed by atoms with Gasteiger partial charge in [-0.1, -0.05) is 52.5 Å². The number of rotatable bonds is 2. The summed E-state index contributed by atoms with van der Waals surface area (Å²) in [6.45, 7) is 1.85. The van der Waals surface area contributed by atoms with Gasteiger partial charge in [-0.2, -0.15) is 0 Å². The van der Waals surface area contributed by atoms with Crippen molar-refractivity contribution in [2.75, 3.05) is 12.5 Å². The third-order valence-electron chi connectivity index (χ3n) is 0.685. The fourth-order valence-corrected chi connectivity index (χ4v) is 0.680. The molecular weight excluding hydrogens is 293 g/mol. The van der Waals surface area contributed by atoms with Crippen LogP contribution in [0.3, 0.4) is 0 Å². The number of carbonyl (C=O) groups is 1. The summed E-state index contributed by atoms with van der Waals surface area (Å²) in [7, 11) is 0. The molecule has 0 spiro atoms. The van der Waals surface area contributed by atoms with E-state index in [9.17, 15) is 4.79 Å². The summed E-state index contributed by atoms with van der Waals surface area (Å²) in [6.07, 6.45) is 1.66. The van der Waals surface area contributed by atoms with E-state index in [1.165, 1.54) is 5.54 Å². The Kier molecular flexibility index (Phi) is 12.4. The highest BCUT2D eigenvalue weighted by Gasteiger charge is 2.31. The van der Waals surface area contributed by atoms with Gasteiger partial charge in [-0.3, -0.25) is 0 Å². The minimum atomic E-state index is -1.93. The molecule has 2 nitrogen and oxygen atoms in total. The van der Waals surface area contributed by atoms with Crippen LogP contribution in [-0.2, 0) is 9.53 Å². The summed E-state index contributed by atoms with van der Waals surface area (Å²) < 4.78 is 2.44. The largest absolute Gasteiger partial charge is 0.463 e. The maximum atomic E-state index is 10.4. The molecule has 0 amide bonds. The normalized spacial score (nSPS) is 10.7. The van der Waals surface area contributed by atoms with Crippen molar-refractivity contribution in [2.45, 2.75) is 10.7 Å². The zero-order valence-electron chi connectivity index (χ0n) is 7.28. The van der Waals surface area contributed by atoms with Crippen molar-refractivity contribution in [3.63, 3.8) is 0 Å². The Morgan fingerprint density at radius 3 is 2.00 bits per heavy atom. The SMILES string of the molecule is CCOC(=O)C(Cl)(Cl)Cl.Cl/C=C/CCl. The van der Waals surface area contributed by atoms with Crippen LogP contribution in [-0.4, -0.2) is 22.2 Å². The Balaban J connectivity index is 0. The lowest BCUT2D eigenvalue weighted by Crippen LogP contribution is -2.21. The highest BCUT2D eigenvalue weighted by Crippen LogP contribution is 2.27. The fraction of sp³-hybridized carbons (Fsp3) is 0.571. The van der Waals surface area contributed by atoms with E-state index in [0.29, 0.717) is 5.88 Å². The van der Waals surface area contributed by atoms with Gasteiger partial charge in [0.1, 0.15) is 0 Å². The molecule has 7 heteroatoms. The predicted molar refractivity (Wildman–Crippen MR) is 62.6 cm³/mol. The first kappa shape index (κ1) is 17.1. The van der Waals surface area contributed by atoms with E-state index in [0.717, 1.165) is 0 Å². The average Bonchev–Trinajstić information content (AvgIpc) is 2.05. The molecule has 0 aromatic carbocycles. The average molecular weight is 302 g/mol. The smallest absolute Gasteiger partial charge is 0.358 e. The topological polar surface area (TPSA) is 26.3 Å². The maximum Gasteiger partial charge on any atom is 0.358 e. The Hall–Kier alpha value is 0.660. The van der Waals surface area contributed by atoms with Crippen LogP contribution in [0, 0.1) is 0 Å². The zero-order chi connectivity index (χ0) is 11.6. The van der Waals surface area contributed by atoms with Crippen molar-refractivity contribution in [1.82, 2.24) is 0 Å². The van der Waals surface area contributed by atoms with Crippen molar-refractivity contribution in [3.8, 4) is 0 Å². The first-order valence-electron chi connectivity index (χ1n) is 3.45. The van der Waals surface area contributed by atoms with Gasteiger partial charge in [-0.05, 0) is 6.92 Å². The standard InChI is InChI=1S/C4H5Cl3O2.C3H4Cl2/c1-2-9-3(8)4(5,6)7;4-2-1-3-5/h2H2,1H3;1-2H,3H2/b;2-1+. The van der Waals surface area contributed by atoms with Crippen molar-refractivity contribution in [2.24, 2.45) is 0 Å². The number of esters is 1. The molecule has 0 aliphatic rings. The molecule has 0 bridgehead atoms. The van der Waals surface area contributed by atoms with Crippen LogP contribution in [0.25, 0.3) is 0 Å². The van der Waals surface area contributed by atoms with Crippen LogP contribution in [0.15, 0.2) is 11.6 Å². The minimum absolute atomic E-state index is 0.215. The van der Waals surface area contributed by atoms with Crippen molar-refractivity contribution < 1.29 is 9.53 Å². The van der Waals surface area contributed by atoms with Gasteiger partial charge >= 0.3 is 5.97 Å². The van der Waals surface area contributed by atoms with E-state index in [2.05, 4.69) is 4.74 Å². The first-order valence-corrected chi connectivity index (χ1v) is 5.55. The second-order valence-corrected chi connectivity index (χ2v) is 4.58. The third-order valence-corrected chi connectivity index (χ3v) is 1.50. The van der Waals surface area contributed by atoms with Crippen LogP contribution >= 0.6 is 58.0 Å². The van der Waals surface area contributed by atoms with Crippen LogP contribution in [0.2, 0.25) is 0 Å². The minimum Gasteiger partial charge on any atom is -0.463 e. The van der Waals surface area contributed by atoms with Gasteiger partial charge in [0.05, 0.1) is 6.61 Å². The summed E-state index contributed by atoms with van der Waals surface area (Å²) in [5.74, 6) is -0.334.